The van der Waals surface area contributed by atoms with Gasteiger partial charge in [-0.3, -0.25) is 4.79 Å². The van der Waals surface area contributed by atoms with Crippen LogP contribution in [0.4, 0.5) is 0 Å². The second-order valence-electron chi connectivity index (χ2n) is 5.09. The Labute approximate surface area is 116 Å². The normalized spacial score (nSPS) is 27.2. The first kappa shape index (κ1) is 13.6. The molecule has 1 aliphatic rings. The van der Waals surface area contributed by atoms with Crippen molar-refractivity contribution in [2.75, 3.05) is 6.61 Å². The van der Waals surface area contributed by atoms with Crippen molar-refractivity contribution in [2.24, 2.45) is 0 Å². The molecule has 1 fully saturated rings. The van der Waals surface area contributed by atoms with E-state index in [9.17, 15) is 4.79 Å². The lowest BCUT2D eigenvalue weighted by molar-refractivity contribution is 0.0727. The number of aryl methyl sites for hydroxylation is 1. The van der Waals surface area contributed by atoms with E-state index in [0.29, 0.717) is 12.2 Å². The Morgan fingerprint density at radius 2 is 2.28 bits per heavy atom. The average Bonchev–Trinajstić information content (AvgIpc) is 2.62. The summed E-state index contributed by atoms with van der Waals surface area (Å²) < 4.78 is 6.45. The van der Waals surface area contributed by atoms with Gasteiger partial charge < -0.3 is 10.1 Å². The van der Waals surface area contributed by atoms with Gasteiger partial charge in [-0.15, -0.1) is 0 Å². The molecule has 0 aromatic heterocycles. The number of rotatable bonds is 2. The molecule has 2 atom stereocenters. The fourth-order valence-corrected chi connectivity index (χ4v) is 2.53. The number of halogens is 1. The van der Waals surface area contributed by atoms with E-state index in [0.717, 1.165) is 16.5 Å². The molecule has 3 nitrogen and oxygen atoms in total. The van der Waals surface area contributed by atoms with Crippen molar-refractivity contribution in [3.63, 3.8) is 0 Å². The smallest absolute Gasteiger partial charge is 0.252 e. The molecule has 2 unspecified atom stereocenters. The number of amides is 1. The third-order valence-electron chi connectivity index (χ3n) is 3.73. The van der Waals surface area contributed by atoms with Crippen molar-refractivity contribution >= 4 is 21.8 Å². The summed E-state index contributed by atoms with van der Waals surface area (Å²) in [6.45, 7) is 6.69. The minimum absolute atomic E-state index is 0.0337. The van der Waals surface area contributed by atoms with E-state index in [4.69, 9.17) is 4.74 Å². The van der Waals surface area contributed by atoms with Gasteiger partial charge >= 0.3 is 0 Å². The lowest BCUT2D eigenvalue weighted by Gasteiger charge is -2.29. The minimum atomic E-state index is -0.272. The zero-order valence-electron chi connectivity index (χ0n) is 10.9. The monoisotopic (exact) mass is 311 g/mol. The maximum Gasteiger partial charge on any atom is 0.252 e. The van der Waals surface area contributed by atoms with Crippen LogP contribution in [0.3, 0.4) is 0 Å². The zero-order valence-corrected chi connectivity index (χ0v) is 12.5. The molecule has 1 N–H and O–H groups in total. The van der Waals surface area contributed by atoms with Crippen LogP contribution in [-0.4, -0.2) is 24.2 Å². The maximum absolute atomic E-state index is 12.3. The molecule has 18 heavy (non-hydrogen) atoms. The molecular weight excluding hydrogens is 294 g/mol. The Balaban J connectivity index is 2.19. The van der Waals surface area contributed by atoms with Crippen molar-refractivity contribution in [3.8, 4) is 0 Å². The van der Waals surface area contributed by atoms with E-state index in [2.05, 4.69) is 21.2 Å². The predicted molar refractivity (Wildman–Crippen MR) is 74.8 cm³/mol. The number of nitrogens with one attached hydrogen (secondary N) is 1. The highest BCUT2D eigenvalue weighted by Gasteiger charge is 2.38. The average molecular weight is 312 g/mol. The second kappa shape index (κ2) is 5.02. The number of benzene rings is 1. The van der Waals surface area contributed by atoms with Crippen LogP contribution in [0.25, 0.3) is 0 Å². The van der Waals surface area contributed by atoms with Gasteiger partial charge in [-0.2, -0.15) is 0 Å². The molecule has 1 amide bonds. The summed E-state index contributed by atoms with van der Waals surface area (Å²) in [7, 11) is 0. The number of carbonyl (C=O) groups excluding carboxylic acids is 1. The van der Waals surface area contributed by atoms with Crippen LogP contribution in [0.15, 0.2) is 22.7 Å². The number of hydrogen-bond acceptors (Lipinski definition) is 2. The standard InChI is InChI=1S/C14H18BrNO2/c1-9-4-5-11(15)8-12(9)13(17)16-14(3)6-7-18-10(14)2/h4-5,8,10H,6-7H2,1-3H3,(H,16,17). The summed E-state index contributed by atoms with van der Waals surface area (Å²) in [5.74, 6) is -0.0337. The summed E-state index contributed by atoms with van der Waals surface area (Å²) in [5, 5.41) is 3.10. The van der Waals surface area contributed by atoms with Gasteiger partial charge in [0.25, 0.3) is 5.91 Å². The van der Waals surface area contributed by atoms with Crippen LogP contribution in [0.5, 0.6) is 0 Å². The highest BCUT2D eigenvalue weighted by atomic mass is 79.9. The molecule has 0 spiro atoms. The van der Waals surface area contributed by atoms with E-state index in [-0.39, 0.29) is 17.6 Å². The van der Waals surface area contributed by atoms with Gasteiger partial charge in [0.05, 0.1) is 11.6 Å². The highest BCUT2D eigenvalue weighted by Crippen LogP contribution is 2.26. The van der Waals surface area contributed by atoms with Crippen LogP contribution in [0, 0.1) is 6.92 Å². The van der Waals surface area contributed by atoms with Crippen LogP contribution < -0.4 is 5.32 Å². The van der Waals surface area contributed by atoms with Crippen LogP contribution in [0.1, 0.15) is 36.2 Å². The van der Waals surface area contributed by atoms with Crippen molar-refractivity contribution in [1.82, 2.24) is 5.32 Å². The van der Waals surface area contributed by atoms with Crippen molar-refractivity contribution in [2.45, 2.75) is 38.8 Å². The van der Waals surface area contributed by atoms with Gasteiger partial charge in [0.2, 0.25) is 0 Å². The first-order valence-corrected chi connectivity index (χ1v) is 6.92. The van der Waals surface area contributed by atoms with Gasteiger partial charge in [-0.1, -0.05) is 22.0 Å². The molecule has 1 aromatic rings. The molecule has 1 saturated heterocycles. The summed E-state index contributed by atoms with van der Waals surface area (Å²) in [6.07, 6.45) is 0.904. The molecule has 1 aliphatic heterocycles. The number of carbonyl (C=O) groups is 1. The SMILES string of the molecule is Cc1ccc(Br)cc1C(=O)NC1(C)CCOC1C. The third-order valence-corrected chi connectivity index (χ3v) is 4.22. The third kappa shape index (κ3) is 2.59. The molecule has 0 radical (unpaired) electrons. The van der Waals surface area contributed by atoms with Gasteiger partial charge in [-0.25, -0.2) is 0 Å². The van der Waals surface area contributed by atoms with Crippen LogP contribution in [-0.2, 0) is 4.74 Å². The van der Waals surface area contributed by atoms with Crippen molar-refractivity contribution in [3.05, 3.63) is 33.8 Å². The molecule has 2 rings (SSSR count). The molecule has 0 saturated carbocycles. The van der Waals surface area contributed by atoms with Gasteiger partial charge in [0.1, 0.15) is 0 Å². The van der Waals surface area contributed by atoms with E-state index in [1.54, 1.807) is 0 Å². The summed E-state index contributed by atoms with van der Waals surface area (Å²) in [4.78, 5) is 12.3. The van der Waals surface area contributed by atoms with Crippen molar-refractivity contribution < 1.29 is 9.53 Å². The Morgan fingerprint density at radius 3 is 2.89 bits per heavy atom. The van der Waals surface area contributed by atoms with E-state index in [1.807, 2.05) is 39.0 Å². The molecule has 0 bridgehead atoms. The van der Waals surface area contributed by atoms with Crippen molar-refractivity contribution in [1.29, 1.82) is 0 Å². The number of ether oxygens (including phenoxy) is 1. The summed E-state index contributed by atoms with van der Waals surface area (Å²) in [5.41, 5.74) is 1.42. The molecule has 1 heterocycles. The number of hydrogen-bond donors (Lipinski definition) is 1. The predicted octanol–water partition coefficient (Wildman–Crippen LogP) is 3.05. The second-order valence-corrected chi connectivity index (χ2v) is 6.01. The molecule has 1 aromatic carbocycles. The zero-order chi connectivity index (χ0) is 13.3. The van der Waals surface area contributed by atoms with Gasteiger partial charge in [0, 0.05) is 16.6 Å². The van der Waals surface area contributed by atoms with E-state index >= 15 is 0 Å². The highest BCUT2D eigenvalue weighted by molar-refractivity contribution is 9.10. The fourth-order valence-electron chi connectivity index (χ4n) is 2.16. The molecule has 98 valence electrons. The lowest BCUT2D eigenvalue weighted by Crippen LogP contribution is -2.50. The Bertz CT molecular complexity index is 475. The van der Waals surface area contributed by atoms with Crippen LogP contribution >= 0.6 is 15.9 Å². The van der Waals surface area contributed by atoms with Gasteiger partial charge in [-0.05, 0) is 44.9 Å². The van der Waals surface area contributed by atoms with E-state index < -0.39 is 0 Å². The Hall–Kier alpha value is -0.870. The Morgan fingerprint density at radius 1 is 1.56 bits per heavy atom. The van der Waals surface area contributed by atoms with Crippen LogP contribution in [0.2, 0.25) is 0 Å². The Kier molecular flexibility index (Phi) is 3.78. The topological polar surface area (TPSA) is 38.3 Å². The first-order valence-electron chi connectivity index (χ1n) is 6.13. The quantitative estimate of drug-likeness (QED) is 0.911. The fraction of sp³-hybridized carbons (Fsp3) is 0.500. The van der Waals surface area contributed by atoms with E-state index in [1.165, 1.54) is 0 Å². The minimum Gasteiger partial charge on any atom is -0.376 e. The lowest BCUT2D eigenvalue weighted by atomic mass is 9.94. The maximum atomic E-state index is 12.3. The summed E-state index contributed by atoms with van der Waals surface area (Å²) in [6, 6.07) is 5.74. The summed E-state index contributed by atoms with van der Waals surface area (Å²) >= 11 is 3.40. The molecular formula is C14H18BrNO2. The first-order chi connectivity index (χ1) is 8.42. The molecule has 0 aliphatic carbocycles. The molecule has 4 heteroatoms. The largest absolute Gasteiger partial charge is 0.376 e. The van der Waals surface area contributed by atoms with Gasteiger partial charge in [0.15, 0.2) is 0 Å².